The van der Waals surface area contributed by atoms with Crippen molar-refractivity contribution in [3.05, 3.63) is 124 Å². The second kappa shape index (κ2) is 10.1. The van der Waals surface area contributed by atoms with Crippen LogP contribution in [0, 0.1) is 10.1 Å². The smallest absolute Gasteiger partial charge is 0.340 e. The van der Waals surface area contributed by atoms with E-state index in [2.05, 4.69) is 5.32 Å². The lowest BCUT2D eigenvalue weighted by atomic mass is 10.1. The molecule has 164 valence electrons. The predicted octanol–water partition coefficient (Wildman–Crippen LogP) is 6.49. The van der Waals surface area contributed by atoms with Crippen LogP contribution in [0.25, 0.3) is 0 Å². The Kier molecular flexibility index (Phi) is 6.61. The number of nitro groups is 1. The highest BCUT2D eigenvalue weighted by atomic mass is 16.6. The van der Waals surface area contributed by atoms with Crippen LogP contribution in [0.3, 0.4) is 0 Å². The molecule has 0 heterocycles. The van der Waals surface area contributed by atoms with E-state index in [0.717, 1.165) is 11.3 Å². The highest BCUT2D eigenvalue weighted by Gasteiger charge is 2.13. The Labute approximate surface area is 190 Å². The summed E-state index contributed by atoms with van der Waals surface area (Å²) in [4.78, 5) is 23.1. The Morgan fingerprint density at radius 2 is 1.55 bits per heavy atom. The van der Waals surface area contributed by atoms with Gasteiger partial charge in [-0.1, -0.05) is 42.5 Å². The van der Waals surface area contributed by atoms with Gasteiger partial charge in [0.1, 0.15) is 18.1 Å². The zero-order valence-corrected chi connectivity index (χ0v) is 17.5. The molecule has 0 aliphatic heterocycles. The van der Waals surface area contributed by atoms with E-state index in [1.165, 1.54) is 24.3 Å². The minimum Gasteiger partial charge on any atom is -0.457 e. The number of anilines is 2. The molecule has 0 unspecified atom stereocenters. The Morgan fingerprint density at radius 3 is 2.30 bits per heavy atom. The number of ether oxygens (including phenoxy) is 2. The number of carbonyl (C=O) groups is 1. The average molecular weight is 440 g/mol. The molecule has 0 bridgehead atoms. The molecule has 4 aromatic rings. The normalized spacial score (nSPS) is 10.3. The van der Waals surface area contributed by atoms with Gasteiger partial charge < -0.3 is 14.8 Å². The molecule has 0 saturated carbocycles. The van der Waals surface area contributed by atoms with Gasteiger partial charge in [0.2, 0.25) is 0 Å². The summed E-state index contributed by atoms with van der Waals surface area (Å²) in [5.74, 6) is 0.551. The van der Waals surface area contributed by atoms with Crippen molar-refractivity contribution >= 4 is 23.0 Å². The van der Waals surface area contributed by atoms with Gasteiger partial charge in [-0.05, 0) is 54.1 Å². The third kappa shape index (κ3) is 5.74. The van der Waals surface area contributed by atoms with Crippen molar-refractivity contribution in [2.45, 2.75) is 6.61 Å². The first-order valence-electron chi connectivity index (χ1n) is 10.2. The Morgan fingerprint density at radius 1 is 0.818 bits per heavy atom. The molecular formula is C26H20N2O5. The van der Waals surface area contributed by atoms with Gasteiger partial charge in [-0.15, -0.1) is 0 Å². The maximum atomic E-state index is 12.7. The Hall–Kier alpha value is -4.65. The fourth-order valence-corrected chi connectivity index (χ4v) is 3.14. The van der Waals surface area contributed by atoms with E-state index in [4.69, 9.17) is 9.47 Å². The van der Waals surface area contributed by atoms with Crippen LogP contribution < -0.4 is 10.1 Å². The second-order valence-electron chi connectivity index (χ2n) is 7.11. The van der Waals surface area contributed by atoms with Gasteiger partial charge in [0.25, 0.3) is 5.69 Å². The molecule has 0 aliphatic rings. The van der Waals surface area contributed by atoms with E-state index in [1.807, 2.05) is 48.5 Å². The number of hydrogen-bond donors (Lipinski definition) is 1. The van der Waals surface area contributed by atoms with Crippen molar-refractivity contribution in [2.24, 2.45) is 0 Å². The van der Waals surface area contributed by atoms with Crippen LogP contribution in [0.15, 0.2) is 103 Å². The number of non-ortho nitro benzene ring substituents is 1. The van der Waals surface area contributed by atoms with Gasteiger partial charge in [-0.3, -0.25) is 10.1 Å². The fraction of sp³-hybridized carbons (Fsp3) is 0.0385. The standard InChI is InChI=1S/C26H20N2O5/c29-26(24-11-4-5-12-25(24)27-20-8-2-1-3-9-20)32-18-19-7-6-10-23(17-19)33-22-15-13-21(14-16-22)28(30)31/h1-17,27H,18H2. The lowest BCUT2D eigenvalue weighted by molar-refractivity contribution is -0.384. The van der Waals surface area contributed by atoms with Crippen molar-refractivity contribution in [3.8, 4) is 11.5 Å². The van der Waals surface area contributed by atoms with Crippen LogP contribution in [-0.4, -0.2) is 10.9 Å². The summed E-state index contributed by atoms with van der Waals surface area (Å²) < 4.78 is 11.3. The summed E-state index contributed by atoms with van der Waals surface area (Å²) >= 11 is 0. The third-order valence-corrected chi connectivity index (χ3v) is 4.75. The summed E-state index contributed by atoms with van der Waals surface area (Å²) in [7, 11) is 0. The molecule has 0 radical (unpaired) electrons. The molecule has 0 saturated heterocycles. The largest absolute Gasteiger partial charge is 0.457 e. The van der Waals surface area contributed by atoms with Crippen LogP contribution in [-0.2, 0) is 11.3 Å². The zero-order chi connectivity index (χ0) is 23.0. The SMILES string of the molecule is O=C(OCc1cccc(Oc2ccc([N+](=O)[O-])cc2)c1)c1ccccc1Nc1ccccc1. The second-order valence-corrected chi connectivity index (χ2v) is 7.11. The van der Waals surface area contributed by atoms with E-state index in [1.54, 1.807) is 30.3 Å². The van der Waals surface area contributed by atoms with Crippen LogP contribution in [0.5, 0.6) is 11.5 Å². The van der Waals surface area contributed by atoms with Crippen molar-refractivity contribution in [1.82, 2.24) is 0 Å². The van der Waals surface area contributed by atoms with Gasteiger partial charge in [0, 0.05) is 17.8 Å². The van der Waals surface area contributed by atoms with Gasteiger partial charge in [0.15, 0.2) is 0 Å². The molecule has 0 atom stereocenters. The van der Waals surface area contributed by atoms with E-state index >= 15 is 0 Å². The molecule has 0 aromatic heterocycles. The number of nitro benzene ring substituents is 1. The molecule has 33 heavy (non-hydrogen) atoms. The third-order valence-electron chi connectivity index (χ3n) is 4.75. The number of carbonyl (C=O) groups excluding carboxylic acids is 1. The molecule has 1 N–H and O–H groups in total. The average Bonchev–Trinajstić information content (AvgIpc) is 2.84. The number of nitrogens with one attached hydrogen (secondary N) is 1. The van der Waals surface area contributed by atoms with Gasteiger partial charge in [0.05, 0.1) is 16.2 Å². The number of rotatable bonds is 8. The molecule has 0 aliphatic carbocycles. The van der Waals surface area contributed by atoms with Gasteiger partial charge in [-0.2, -0.15) is 0 Å². The molecular weight excluding hydrogens is 420 g/mol. The molecule has 0 fully saturated rings. The van der Waals surface area contributed by atoms with Crippen molar-refractivity contribution in [1.29, 1.82) is 0 Å². The van der Waals surface area contributed by atoms with Crippen LogP contribution in [0.1, 0.15) is 15.9 Å². The molecule has 4 rings (SSSR count). The van der Waals surface area contributed by atoms with Crippen molar-refractivity contribution in [2.75, 3.05) is 5.32 Å². The number of hydrogen-bond acceptors (Lipinski definition) is 6. The van der Waals surface area contributed by atoms with Gasteiger partial charge >= 0.3 is 5.97 Å². The number of nitrogens with zero attached hydrogens (tertiary/aromatic N) is 1. The minimum absolute atomic E-state index is 0.00921. The van der Waals surface area contributed by atoms with Crippen LogP contribution >= 0.6 is 0 Å². The number of benzene rings is 4. The zero-order valence-electron chi connectivity index (χ0n) is 17.5. The topological polar surface area (TPSA) is 90.7 Å². The maximum absolute atomic E-state index is 12.7. The van der Waals surface area contributed by atoms with E-state index in [9.17, 15) is 14.9 Å². The lowest BCUT2D eigenvalue weighted by Gasteiger charge is -2.12. The first-order chi connectivity index (χ1) is 16.1. The molecule has 4 aromatic carbocycles. The van der Waals surface area contributed by atoms with Crippen LogP contribution in [0.2, 0.25) is 0 Å². The highest BCUT2D eigenvalue weighted by molar-refractivity contribution is 5.96. The molecule has 0 amide bonds. The molecule has 7 heteroatoms. The summed E-state index contributed by atoms with van der Waals surface area (Å²) in [5, 5.41) is 14.0. The predicted molar refractivity (Wildman–Crippen MR) is 125 cm³/mol. The quantitative estimate of drug-likeness (QED) is 0.191. The maximum Gasteiger partial charge on any atom is 0.340 e. The molecule has 7 nitrogen and oxygen atoms in total. The summed E-state index contributed by atoms with van der Waals surface area (Å²) in [6.07, 6.45) is 0. The lowest BCUT2D eigenvalue weighted by Crippen LogP contribution is -2.08. The van der Waals surface area contributed by atoms with Crippen molar-refractivity contribution < 1.29 is 19.2 Å². The Balaban J connectivity index is 1.40. The number of para-hydroxylation sites is 2. The summed E-state index contributed by atoms with van der Waals surface area (Å²) in [6, 6.07) is 29.7. The summed E-state index contributed by atoms with van der Waals surface area (Å²) in [6.45, 7) is 0.0654. The van der Waals surface area contributed by atoms with Gasteiger partial charge in [-0.25, -0.2) is 4.79 Å². The number of esters is 1. The monoisotopic (exact) mass is 440 g/mol. The minimum atomic E-state index is -0.466. The molecule has 0 spiro atoms. The first-order valence-corrected chi connectivity index (χ1v) is 10.2. The van der Waals surface area contributed by atoms with E-state index in [0.29, 0.717) is 22.7 Å². The Bertz CT molecular complexity index is 1260. The summed E-state index contributed by atoms with van der Waals surface area (Å²) in [5.41, 5.74) is 2.69. The van der Waals surface area contributed by atoms with Crippen molar-refractivity contribution in [3.63, 3.8) is 0 Å². The van der Waals surface area contributed by atoms with Crippen LogP contribution in [0.4, 0.5) is 17.1 Å². The highest BCUT2D eigenvalue weighted by Crippen LogP contribution is 2.25. The fourth-order valence-electron chi connectivity index (χ4n) is 3.14. The first kappa shape index (κ1) is 21.6. The van der Waals surface area contributed by atoms with E-state index in [-0.39, 0.29) is 12.3 Å². The van der Waals surface area contributed by atoms with E-state index < -0.39 is 10.9 Å².